The molecule has 9 aromatic carbocycles. The minimum atomic E-state index is 0.826. The summed E-state index contributed by atoms with van der Waals surface area (Å²) in [7, 11) is 0. The van der Waals surface area contributed by atoms with Gasteiger partial charge >= 0.3 is 0 Å². The number of furan rings is 2. The third kappa shape index (κ3) is 5.80. The Morgan fingerprint density at radius 1 is 0.302 bits per heavy atom. The summed E-state index contributed by atoms with van der Waals surface area (Å²) >= 11 is 0. The Balaban J connectivity index is 0.952. The second-order valence-corrected chi connectivity index (χ2v) is 16.3. The number of fused-ring (bicyclic) bond motifs is 9. The number of hydrogen-bond donors (Lipinski definition) is 0. The lowest BCUT2D eigenvalue weighted by molar-refractivity contribution is 0.668. The highest BCUT2D eigenvalue weighted by atomic mass is 16.3. The molecule has 4 nitrogen and oxygen atoms in total. The van der Waals surface area contributed by atoms with E-state index in [9.17, 15) is 0 Å². The predicted molar refractivity (Wildman–Crippen MR) is 260 cm³/mol. The van der Waals surface area contributed by atoms with E-state index in [1.165, 1.54) is 32.9 Å². The van der Waals surface area contributed by atoms with Crippen LogP contribution in [0, 0.1) is 0 Å². The van der Waals surface area contributed by atoms with E-state index >= 15 is 0 Å². The number of rotatable bonds is 6. The molecule has 4 heterocycles. The summed E-state index contributed by atoms with van der Waals surface area (Å²) in [5, 5.41) is 6.75. The van der Waals surface area contributed by atoms with Gasteiger partial charge in [0.25, 0.3) is 0 Å². The van der Waals surface area contributed by atoms with Crippen LogP contribution in [0.15, 0.2) is 227 Å². The van der Waals surface area contributed by atoms with Gasteiger partial charge in [0, 0.05) is 49.1 Å². The quantitative estimate of drug-likeness (QED) is 0.168. The average Bonchev–Trinajstić information content (AvgIpc) is 4.03. The van der Waals surface area contributed by atoms with Crippen molar-refractivity contribution < 1.29 is 8.83 Å². The molecule has 0 atom stereocenters. The fraction of sp³-hybridized carbons (Fsp3) is 0. The Morgan fingerprint density at radius 3 is 1.57 bits per heavy atom. The molecule has 0 unspecified atom stereocenters. The standard InChI is InChI=1S/C59H36N2O2/c1-4-13-37(14-5-1)39-25-29-53-49(31-39)50-32-40(26-30-54(50)61(53)44-17-8-3-9-18-44)41-24-28-48-58(35-41)63-56-22-12-20-47(59(48)56)52-34-43(33-51(60-52)38-15-6-2-7-16-38)42-23-27-46-45-19-10-11-21-55(45)62-57(46)36-42/h1-36H. The smallest absolute Gasteiger partial charge is 0.136 e. The van der Waals surface area contributed by atoms with Gasteiger partial charge < -0.3 is 13.4 Å². The number of pyridine rings is 1. The largest absolute Gasteiger partial charge is 0.456 e. The van der Waals surface area contributed by atoms with Gasteiger partial charge in [-0.15, -0.1) is 0 Å². The van der Waals surface area contributed by atoms with E-state index in [2.05, 4.69) is 205 Å². The Morgan fingerprint density at radius 2 is 0.825 bits per heavy atom. The Bertz CT molecular complexity index is 3900. The molecule has 13 rings (SSSR count). The minimum absolute atomic E-state index is 0.826. The zero-order chi connectivity index (χ0) is 41.4. The fourth-order valence-corrected chi connectivity index (χ4v) is 9.58. The van der Waals surface area contributed by atoms with Crippen molar-refractivity contribution in [1.82, 2.24) is 9.55 Å². The minimum Gasteiger partial charge on any atom is -0.456 e. The van der Waals surface area contributed by atoms with Crippen molar-refractivity contribution in [3.8, 4) is 61.6 Å². The molecular weight excluding hydrogens is 769 g/mol. The van der Waals surface area contributed by atoms with E-state index in [0.29, 0.717) is 0 Å². The van der Waals surface area contributed by atoms with E-state index in [0.717, 1.165) is 94.3 Å². The third-order valence-corrected chi connectivity index (χ3v) is 12.6. The monoisotopic (exact) mass is 804 g/mol. The Kier molecular flexibility index (Phi) is 7.87. The Hall–Kier alpha value is -8.47. The number of hydrogen-bond acceptors (Lipinski definition) is 3. The molecular formula is C59H36N2O2. The first-order valence-corrected chi connectivity index (χ1v) is 21.3. The van der Waals surface area contributed by atoms with Crippen molar-refractivity contribution in [2.45, 2.75) is 0 Å². The molecule has 4 heteroatoms. The maximum atomic E-state index is 6.72. The highest BCUT2D eigenvalue weighted by molar-refractivity contribution is 6.14. The summed E-state index contributed by atoms with van der Waals surface area (Å²) < 4.78 is 15.4. The molecule has 0 aliphatic heterocycles. The molecule has 0 amide bonds. The lowest BCUT2D eigenvalue weighted by atomic mass is 9.96. The summed E-state index contributed by atoms with van der Waals surface area (Å²) in [6, 6.07) is 77.3. The number of aromatic nitrogens is 2. The molecule has 0 saturated carbocycles. The van der Waals surface area contributed by atoms with E-state index in [1.807, 2.05) is 18.2 Å². The van der Waals surface area contributed by atoms with E-state index in [1.54, 1.807) is 0 Å². The fourth-order valence-electron chi connectivity index (χ4n) is 9.58. The van der Waals surface area contributed by atoms with Crippen molar-refractivity contribution in [2.75, 3.05) is 0 Å². The number of para-hydroxylation sites is 2. The molecule has 4 aromatic heterocycles. The van der Waals surface area contributed by atoms with Crippen LogP contribution in [0.5, 0.6) is 0 Å². The topological polar surface area (TPSA) is 44.1 Å². The highest BCUT2D eigenvalue weighted by Crippen LogP contribution is 2.42. The van der Waals surface area contributed by atoms with E-state index < -0.39 is 0 Å². The molecule has 0 bridgehead atoms. The van der Waals surface area contributed by atoms with Gasteiger partial charge in [0.1, 0.15) is 22.3 Å². The molecule has 0 spiro atoms. The van der Waals surface area contributed by atoms with E-state index in [-0.39, 0.29) is 0 Å². The Labute approximate surface area is 362 Å². The van der Waals surface area contributed by atoms with Gasteiger partial charge in [-0.3, -0.25) is 0 Å². The number of nitrogens with zero attached hydrogens (tertiary/aromatic N) is 2. The normalized spacial score (nSPS) is 11.8. The van der Waals surface area contributed by atoms with Gasteiger partial charge in [0.05, 0.1) is 22.4 Å². The lowest BCUT2D eigenvalue weighted by Gasteiger charge is -2.11. The van der Waals surface area contributed by atoms with Gasteiger partial charge in [-0.25, -0.2) is 4.98 Å². The van der Waals surface area contributed by atoms with Crippen LogP contribution < -0.4 is 0 Å². The molecule has 0 aliphatic carbocycles. The van der Waals surface area contributed by atoms with Crippen molar-refractivity contribution in [3.63, 3.8) is 0 Å². The van der Waals surface area contributed by atoms with Gasteiger partial charge in [0.2, 0.25) is 0 Å². The first-order chi connectivity index (χ1) is 31.2. The second-order valence-electron chi connectivity index (χ2n) is 16.3. The van der Waals surface area contributed by atoms with Crippen LogP contribution >= 0.6 is 0 Å². The summed E-state index contributed by atoms with van der Waals surface area (Å²) in [5.41, 5.74) is 17.5. The van der Waals surface area contributed by atoms with Crippen LogP contribution in [0.1, 0.15) is 0 Å². The molecule has 294 valence electrons. The van der Waals surface area contributed by atoms with Gasteiger partial charge in [0.15, 0.2) is 0 Å². The van der Waals surface area contributed by atoms with Crippen LogP contribution in [-0.4, -0.2) is 9.55 Å². The maximum Gasteiger partial charge on any atom is 0.136 e. The van der Waals surface area contributed by atoms with Crippen LogP contribution in [0.3, 0.4) is 0 Å². The van der Waals surface area contributed by atoms with Crippen molar-refractivity contribution in [2.24, 2.45) is 0 Å². The molecule has 0 N–H and O–H groups in total. The van der Waals surface area contributed by atoms with Crippen LogP contribution in [0.2, 0.25) is 0 Å². The first-order valence-electron chi connectivity index (χ1n) is 21.3. The molecule has 0 aliphatic rings. The van der Waals surface area contributed by atoms with Gasteiger partial charge in [-0.2, -0.15) is 0 Å². The third-order valence-electron chi connectivity index (χ3n) is 12.6. The summed E-state index contributed by atoms with van der Waals surface area (Å²) in [6.07, 6.45) is 0. The predicted octanol–water partition coefficient (Wildman–Crippen LogP) is 16.3. The molecule has 0 fully saturated rings. The second kappa shape index (κ2) is 14.1. The SMILES string of the molecule is c1ccc(-c2ccc3c(c2)c2cc(-c4ccc5c(c4)oc4cccc(-c6cc(-c7ccc8c(c7)oc7ccccc78)cc(-c7ccccc7)n6)c45)ccc2n3-c2ccccc2)cc1. The summed E-state index contributed by atoms with van der Waals surface area (Å²) in [5.74, 6) is 0. The van der Waals surface area contributed by atoms with E-state index in [4.69, 9.17) is 13.8 Å². The van der Waals surface area contributed by atoms with Crippen LogP contribution in [-0.2, 0) is 0 Å². The molecule has 0 saturated heterocycles. The zero-order valence-corrected chi connectivity index (χ0v) is 34.0. The highest BCUT2D eigenvalue weighted by Gasteiger charge is 2.19. The van der Waals surface area contributed by atoms with Crippen molar-refractivity contribution in [3.05, 3.63) is 218 Å². The lowest BCUT2D eigenvalue weighted by Crippen LogP contribution is -1.93. The average molecular weight is 805 g/mol. The molecule has 63 heavy (non-hydrogen) atoms. The number of benzene rings is 9. The van der Waals surface area contributed by atoms with Crippen LogP contribution in [0.4, 0.5) is 0 Å². The zero-order valence-electron chi connectivity index (χ0n) is 34.0. The van der Waals surface area contributed by atoms with Gasteiger partial charge in [-0.1, -0.05) is 133 Å². The summed E-state index contributed by atoms with van der Waals surface area (Å²) in [4.78, 5) is 5.33. The maximum absolute atomic E-state index is 6.72. The summed E-state index contributed by atoms with van der Waals surface area (Å²) in [6.45, 7) is 0. The van der Waals surface area contributed by atoms with Crippen molar-refractivity contribution in [1.29, 1.82) is 0 Å². The van der Waals surface area contributed by atoms with Crippen molar-refractivity contribution >= 4 is 65.7 Å². The van der Waals surface area contributed by atoms with Crippen LogP contribution in [0.25, 0.3) is 127 Å². The first kappa shape index (κ1) is 35.3. The van der Waals surface area contributed by atoms with Gasteiger partial charge in [-0.05, 0) is 118 Å². The molecule has 0 radical (unpaired) electrons. The molecule has 13 aromatic rings.